The number of nitrogens with one attached hydrogen (secondary N) is 3. The number of amides is 3. The number of anilines is 9. The number of piperazine rings is 3. The molecular formula is C95H108N16O7. The predicted octanol–water partition coefficient (Wildman–Crippen LogP) is 13.2. The summed E-state index contributed by atoms with van der Waals surface area (Å²) in [6.07, 6.45) is 7.39. The second-order valence-electron chi connectivity index (χ2n) is 31.8. The fourth-order valence-electron chi connectivity index (χ4n) is 17.5. The Bertz CT molecular complexity index is 4920. The van der Waals surface area contributed by atoms with E-state index in [-0.39, 0.29) is 55.6 Å². The van der Waals surface area contributed by atoms with Gasteiger partial charge in [-0.1, -0.05) is 97.1 Å². The Hall–Kier alpha value is -12.6. The third-order valence-electron chi connectivity index (χ3n) is 24.1. The molecule has 15 rings (SSSR count). The van der Waals surface area contributed by atoms with E-state index in [0.717, 1.165) is 168 Å². The molecule has 7 heterocycles. The van der Waals surface area contributed by atoms with Crippen LogP contribution in [0.4, 0.5) is 51.3 Å². The summed E-state index contributed by atoms with van der Waals surface area (Å²) in [6, 6.07) is 67.4. The molecule has 6 fully saturated rings. The van der Waals surface area contributed by atoms with Crippen LogP contribution in [0.25, 0.3) is 0 Å². The number of piperidine rings is 3. The number of aliphatic hydroxyl groups is 2. The lowest BCUT2D eigenvalue weighted by Gasteiger charge is -2.42. The Labute approximate surface area is 693 Å². The van der Waals surface area contributed by atoms with Crippen LogP contribution < -0.4 is 45.3 Å². The summed E-state index contributed by atoms with van der Waals surface area (Å²) < 4.78 is 0. The summed E-state index contributed by atoms with van der Waals surface area (Å²) in [5.74, 6) is -0.235. The number of nitrogens with zero attached hydrogens (tertiary/aromatic N) is 13. The molecule has 0 radical (unpaired) electrons. The largest absolute Gasteiger partial charge is 0.480 e. The Kier molecular flexibility index (Phi) is 27.5. The van der Waals surface area contributed by atoms with E-state index in [1.165, 1.54) is 0 Å². The zero-order chi connectivity index (χ0) is 82.9. The van der Waals surface area contributed by atoms with E-state index in [4.69, 9.17) is 0 Å². The molecule has 9 aromatic rings. The van der Waals surface area contributed by atoms with Crippen LogP contribution in [-0.4, -0.2) is 206 Å². The van der Waals surface area contributed by atoms with Crippen LogP contribution in [0.5, 0.6) is 0 Å². The predicted molar refractivity (Wildman–Crippen MR) is 468 cm³/mol. The molecule has 6 saturated heterocycles. The Morgan fingerprint density at radius 2 is 0.703 bits per heavy atom. The lowest BCUT2D eigenvalue weighted by molar-refractivity contribution is -0.139. The molecule has 1 aromatic heterocycles. The van der Waals surface area contributed by atoms with Crippen LogP contribution in [0.3, 0.4) is 0 Å². The number of hydrogen-bond acceptors (Lipinski definition) is 19. The van der Waals surface area contributed by atoms with Gasteiger partial charge in [0.1, 0.15) is 30.1 Å². The van der Waals surface area contributed by atoms with Crippen LogP contribution >= 0.6 is 0 Å². The molecular weight excluding hydrogens is 1480 g/mol. The van der Waals surface area contributed by atoms with Crippen molar-refractivity contribution in [3.8, 4) is 18.2 Å². The number of para-hydroxylation sites is 5. The Balaban J connectivity index is 0.000000153. The maximum absolute atomic E-state index is 13.7. The number of carboxylic acid groups (broad SMARTS) is 1. The minimum atomic E-state index is -0.937. The summed E-state index contributed by atoms with van der Waals surface area (Å²) >= 11 is 0. The average molecular weight is 1590 g/mol. The summed E-state index contributed by atoms with van der Waals surface area (Å²) in [5.41, 5.74) is 18.1. The van der Waals surface area contributed by atoms with Crippen molar-refractivity contribution in [2.75, 3.05) is 157 Å². The highest BCUT2D eigenvalue weighted by Crippen LogP contribution is 2.35. The molecule has 6 N–H and O–H groups in total. The van der Waals surface area contributed by atoms with Gasteiger partial charge in [-0.2, -0.15) is 15.8 Å². The van der Waals surface area contributed by atoms with E-state index < -0.39 is 12.0 Å². The molecule has 118 heavy (non-hydrogen) atoms. The molecule has 23 heteroatoms. The molecule has 0 aliphatic carbocycles. The maximum Gasteiger partial charge on any atom is 0.328 e. The Morgan fingerprint density at radius 1 is 0.381 bits per heavy atom. The van der Waals surface area contributed by atoms with Crippen molar-refractivity contribution < 1.29 is 34.5 Å². The molecule has 0 spiro atoms. The van der Waals surface area contributed by atoms with Gasteiger partial charge in [-0.25, -0.2) is 9.78 Å². The van der Waals surface area contributed by atoms with E-state index in [9.17, 15) is 50.3 Å². The number of aryl methyl sites for hydroxylation is 6. The SMILES string of the molecule is Cc1cc(C)c(C(=O)N2CCN(c3ccccc3)C(C(=O)O)C2)cc1NC1CCN(c2ccccc2C#N)CC1.Cc1cc(C)c(C(=O)N2CCN(c3ccccc3)[C@H](CO)C2)cc1NC1CCN(c2ccccc2C#N)CC1.Cc1cc(C)c(C(=O)N2CCN(c3ccccn3)[C@H](CO)C2)cc1NC1CCN(c2ccccc2C#N)CC1. The number of rotatable bonds is 18. The molecule has 1 unspecified atom stereocenters. The van der Waals surface area contributed by atoms with Gasteiger partial charge in [0.2, 0.25) is 0 Å². The van der Waals surface area contributed by atoms with Crippen LogP contribution in [0.1, 0.15) is 120 Å². The minimum Gasteiger partial charge on any atom is -0.480 e. The van der Waals surface area contributed by atoms with E-state index in [2.05, 4.69) is 102 Å². The summed E-state index contributed by atoms with van der Waals surface area (Å²) in [4.78, 5) is 76.1. The first kappa shape index (κ1) is 83.3. The third-order valence-corrected chi connectivity index (χ3v) is 24.1. The monoisotopic (exact) mass is 1580 g/mol. The zero-order valence-electron chi connectivity index (χ0n) is 68.5. The fraction of sp³-hybridized carbons (Fsp3) is 0.368. The van der Waals surface area contributed by atoms with Gasteiger partial charge in [0, 0.05) is 161 Å². The number of aliphatic hydroxyl groups excluding tert-OH is 2. The van der Waals surface area contributed by atoms with E-state index >= 15 is 0 Å². The number of nitriles is 3. The van der Waals surface area contributed by atoms with Crippen molar-refractivity contribution in [2.24, 2.45) is 0 Å². The lowest BCUT2D eigenvalue weighted by atomic mass is 9.99. The van der Waals surface area contributed by atoms with Gasteiger partial charge in [-0.05, 0) is 204 Å². The number of hydrogen-bond donors (Lipinski definition) is 6. The van der Waals surface area contributed by atoms with Gasteiger partial charge in [-0.3, -0.25) is 14.4 Å². The van der Waals surface area contributed by atoms with Gasteiger partial charge in [0.15, 0.2) is 0 Å². The van der Waals surface area contributed by atoms with Crippen molar-refractivity contribution >= 4 is 75.0 Å². The second-order valence-corrected chi connectivity index (χ2v) is 31.8. The van der Waals surface area contributed by atoms with Crippen molar-refractivity contribution in [1.82, 2.24) is 19.7 Å². The molecule has 6 aliphatic rings. The maximum atomic E-state index is 13.7. The summed E-state index contributed by atoms with van der Waals surface area (Å²) in [6.45, 7) is 21.7. The lowest BCUT2D eigenvalue weighted by Crippen LogP contribution is -2.58. The molecule has 610 valence electrons. The summed E-state index contributed by atoms with van der Waals surface area (Å²) in [7, 11) is 0. The second kappa shape index (κ2) is 38.9. The normalized spacial score (nSPS) is 18.0. The average Bonchev–Trinajstić information content (AvgIpc) is 0.799. The van der Waals surface area contributed by atoms with E-state index in [0.29, 0.717) is 92.3 Å². The number of carbonyl (C=O) groups is 4. The van der Waals surface area contributed by atoms with Gasteiger partial charge in [0.25, 0.3) is 17.7 Å². The van der Waals surface area contributed by atoms with Crippen molar-refractivity contribution in [2.45, 2.75) is 116 Å². The fourth-order valence-corrected chi connectivity index (χ4v) is 17.5. The highest BCUT2D eigenvalue weighted by molar-refractivity contribution is 5.99. The molecule has 6 aliphatic heterocycles. The van der Waals surface area contributed by atoms with E-state index in [1.54, 1.807) is 11.1 Å². The first-order valence-corrected chi connectivity index (χ1v) is 41.3. The molecule has 23 nitrogen and oxygen atoms in total. The number of pyridine rings is 1. The highest BCUT2D eigenvalue weighted by Gasteiger charge is 2.38. The number of benzene rings is 8. The molecule has 0 bridgehead atoms. The standard InChI is InChI=1S/C32H35N5O3.C32H37N5O2.C31H36N6O2/c1-22-18-23(2)28(34-25-12-14-35(15-13-25)29-11-7-6-8-24(29)20-33)19-27(22)31(38)36-16-17-37(30(21-36)32(39)40)26-9-4-3-5-10-26;1-23-18-24(2)30(34-26-12-14-35(15-13-26)31-11-7-6-8-25(31)20-33)19-29(23)32(39)36-16-17-37(28(21-36)22-38)27-9-4-3-5-10-27;1-22-17-23(2)28(34-25-10-13-35(14-11-25)29-8-4-3-7-24(29)19-32)18-27(22)31(39)36-15-16-37(26(20-36)21-38)30-9-5-6-12-33-30/h3-11,18-19,25,30,34H,12-17,21H2,1-2H3,(H,39,40);3-11,18-19,26,28,34,38H,12-17,21-22H2,1-2H3;3-9,12,17-18,25-26,34,38H,10-11,13-16,20-21H2,1-2H3/t;28-;26-/m.00/s1. The first-order chi connectivity index (χ1) is 57.3. The number of aromatic nitrogens is 1. The van der Waals surface area contributed by atoms with Crippen LogP contribution in [0, 0.1) is 75.5 Å². The van der Waals surface area contributed by atoms with Gasteiger partial charge in [0.05, 0.1) is 65.6 Å². The van der Waals surface area contributed by atoms with Crippen LogP contribution in [0.2, 0.25) is 0 Å². The molecule has 0 saturated carbocycles. The Morgan fingerprint density at radius 3 is 1.05 bits per heavy atom. The third kappa shape index (κ3) is 19.6. The quantitative estimate of drug-likeness (QED) is 0.0466. The molecule has 3 atom stereocenters. The van der Waals surface area contributed by atoms with Gasteiger partial charge in [-0.15, -0.1) is 0 Å². The molecule has 8 aromatic carbocycles. The number of carbonyl (C=O) groups excluding carboxylic acids is 3. The topological polar surface area (TPSA) is 278 Å². The number of aliphatic carboxylic acids is 1. The molecule has 3 amide bonds. The van der Waals surface area contributed by atoms with Crippen molar-refractivity contribution in [1.29, 1.82) is 15.8 Å². The zero-order valence-corrected chi connectivity index (χ0v) is 68.5. The van der Waals surface area contributed by atoms with Crippen LogP contribution in [-0.2, 0) is 4.79 Å². The minimum absolute atomic E-state index is 0.00222. The smallest absolute Gasteiger partial charge is 0.328 e. The first-order valence-electron chi connectivity index (χ1n) is 41.3. The van der Waals surface area contributed by atoms with Gasteiger partial charge >= 0.3 is 5.97 Å². The van der Waals surface area contributed by atoms with E-state index in [1.807, 2.05) is 206 Å². The van der Waals surface area contributed by atoms with Crippen molar-refractivity contribution in [3.05, 3.63) is 261 Å². The van der Waals surface area contributed by atoms with Crippen LogP contribution in [0.15, 0.2) is 194 Å². The highest BCUT2D eigenvalue weighted by atomic mass is 16.4. The van der Waals surface area contributed by atoms with Crippen molar-refractivity contribution in [3.63, 3.8) is 0 Å². The number of carboxylic acids is 1. The van der Waals surface area contributed by atoms with Gasteiger partial charge < -0.3 is 75.4 Å². The summed E-state index contributed by atoms with van der Waals surface area (Å²) in [5, 5.41) is 69.7.